The number of anilines is 1. The topological polar surface area (TPSA) is 52.9 Å². The van der Waals surface area contributed by atoms with Gasteiger partial charge in [-0.25, -0.2) is 0 Å². The van der Waals surface area contributed by atoms with Crippen molar-refractivity contribution in [2.24, 2.45) is 5.41 Å². The summed E-state index contributed by atoms with van der Waals surface area (Å²) in [5, 5.41) is 12.5. The molecule has 102 valence electrons. The molecule has 3 nitrogen and oxygen atoms in total. The van der Waals surface area contributed by atoms with Crippen molar-refractivity contribution < 1.29 is 4.79 Å². The van der Waals surface area contributed by atoms with Crippen LogP contribution in [0.5, 0.6) is 0 Å². The first-order valence-electron chi connectivity index (χ1n) is 5.77. The molecule has 0 fully saturated rings. The summed E-state index contributed by atoms with van der Waals surface area (Å²) in [4.78, 5) is 12.3. The van der Waals surface area contributed by atoms with Gasteiger partial charge in [0.25, 0.3) is 0 Å². The summed E-state index contributed by atoms with van der Waals surface area (Å²) in [7, 11) is 0. The van der Waals surface area contributed by atoms with Crippen LogP contribution in [-0.4, -0.2) is 5.91 Å². The Labute approximate surface area is 131 Å². The van der Waals surface area contributed by atoms with Gasteiger partial charge in [0.05, 0.1) is 21.8 Å². The minimum Gasteiger partial charge on any atom is -0.322 e. The van der Waals surface area contributed by atoms with Gasteiger partial charge in [0.1, 0.15) is 5.41 Å². The van der Waals surface area contributed by atoms with Crippen LogP contribution in [0.15, 0.2) is 16.6 Å². The predicted octanol–water partition coefficient (Wildman–Crippen LogP) is 5.02. The van der Waals surface area contributed by atoms with Crippen molar-refractivity contribution in [2.75, 3.05) is 5.32 Å². The lowest BCUT2D eigenvalue weighted by atomic mass is 9.83. The first kappa shape index (κ1) is 16.3. The summed E-state index contributed by atoms with van der Waals surface area (Å²) in [5.74, 6) is -0.383. The van der Waals surface area contributed by atoms with Crippen molar-refractivity contribution in [2.45, 2.75) is 26.7 Å². The number of rotatable bonds is 4. The monoisotopic (exact) mass is 362 g/mol. The Kier molecular flexibility index (Phi) is 5.66. The fourth-order valence-electron chi connectivity index (χ4n) is 1.67. The molecule has 0 aliphatic rings. The number of hydrogen-bond donors (Lipinski definition) is 1. The van der Waals surface area contributed by atoms with Crippen LogP contribution in [0.2, 0.25) is 10.0 Å². The molecule has 1 aromatic rings. The Hall–Kier alpha value is -0.760. The number of amides is 1. The summed E-state index contributed by atoms with van der Waals surface area (Å²) in [5.41, 5.74) is -0.724. The molecular weight excluding hydrogens is 351 g/mol. The molecule has 0 spiro atoms. The number of nitrogens with one attached hydrogen (secondary N) is 1. The third kappa shape index (κ3) is 3.42. The molecule has 0 bridgehead atoms. The molecule has 0 aliphatic heterocycles. The first-order chi connectivity index (χ1) is 8.90. The van der Waals surface area contributed by atoms with Crippen molar-refractivity contribution in [3.05, 3.63) is 26.7 Å². The Morgan fingerprint density at radius 2 is 1.84 bits per heavy atom. The van der Waals surface area contributed by atoms with Gasteiger partial charge in [-0.2, -0.15) is 5.26 Å². The molecule has 0 aliphatic carbocycles. The molecular formula is C13H13BrCl2N2O. The summed E-state index contributed by atoms with van der Waals surface area (Å²) in [6.45, 7) is 3.61. The lowest BCUT2D eigenvalue weighted by Crippen LogP contribution is -2.34. The summed E-state index contributed by atoms with van der Waals surface area (Å²) < 4.78 is 0.720. The molecule has 0 unspecified atom stereocenters. The van der Waals surface area contributed by atoms with Gasteiger partial charge in [0.2, 0.25) is 5.91 Å². The minimum absolute atomic E-state index is 0.326. The van der Waals surface area contributed by atoms with Crippen molar-refractivity contribution in [1.29, 1.82) is 5.26 Å². The molecule has 0 radical (unpaired) electrons. The van der Waals surface area contributed by atoms with E-state index in [0.29, 0.717) is 28.6 Å². The average molecular weight is 364 g/mol. The molecule has 0 heterocycles. The van der Waals surface area contributed by atoms with E-state index in [4.69, 9.17) is 23.2 Å². The number of carbonyl (C=O) groups excluding carboxylic acids is 1. The van der Waals surface area contributed by atoms with Crippen LogP contribution in [0.25, 0.3) is 0 Å². The van der Waals surface area contributed by atoms with Crippen LogP contribution in [0.4, 0.5) is 5.69 Å². The Balaban J connectivity index is 3.11. The number of benzene rings is 1. The van der Waals surface area contributed by atoms with Crippen LogP contribution < -0.4 is 5.32 Å². The van der Waals surface area contributed by atoms with Gasteiger partial charge >= 0.3 is 0 Å². The van der Waals surface area contributed by atoms with E-state index in [9.17, 15) is 10.1 Å². The molecule has 6 heteroatoms. The van der Waals surface area contributed by atoms with E-state index in [0.717, 1.165) is 4.47 Å². The van der Waals surface area contributed by atoms with E-state index >= 15 is 0 Å². The van der Waals surface area contributed by atoms with Crippen LogP contribution in [-0.2, 0) is 4.79 Å². The van der Waals surface area contributed by atoms with E-state index < -0.39 is 5.41 Å². The molecule has 1 amide bonds. The van der Waals surface area contributed by atoms with Crippen molar-refractivity contribution in [1.82, 2.24) is 0 Å². The zero-order valence-electron chi connectivity index (χ0n) is 10.6. The quantitative estimate of drug-likeness (QED) is 0.815. The van der Waals surface area contributed by atoms with E-state index in [-0.39, 0.29) is 5.91 Å². The van der Waals surface area contributed by atoms with E-state index in [1.54, 1.807) is 26.0 Å². The van der Waals surface area contributed by atoms with E-state index in [2.05, 4.69) is 27.3 Å². The minimum atomic E-state index is -1.06. The number of hydrogen-bond acceptors (Lipinski definition) is 2. The highest BCUT2D eigenvalue weighted by molar-refractivity contribution is 9.10. The number of carbonyl (C=O) groups is 1. The largest absolute Gasteiger partial charge is 0.322 e. The SMILES string of the molecule is CCC(C#N)(CC)C(=O)Nc1c(Cl)cc(Br)cc1Cl. The maximum absolute atomic E-state index is 12.3. The molecule has 1 aromatic carbocycles. The Morgan fingerprint density at radius 1 is 1.37 bits per heavy atom. The zero-order valence-corrected chi connectivity index (χ0v) is 13.7. The van der Waals surface area contributed by atoms with Crippen LogP contribution in [0.1, 0.15) is 26.7 Å². The van der Waals surface area contributed by atoms with Gasteiger partial charge in [-0.3, -0.25) is 4.79 Å². The van der Waals surface area contributed by atoms with Crippen molar-refractivity contribution in [3.63, 3.8) is 0 Å². The van der Waals surface area contributed by atoms with Crippen molar-refractivity contribution in [3.8, 4) is 6.07 Å². The lowest BCUT2D eigenvalue weighted by Gasteiger charge is -2.22. The molecule has 1 N–H and O–H groups in total. The predicted molar refractivity (Wildman–Crippen MR) is 81.4 cm³/mol. The highest BCUT2D eigenvalue weighted by Crippen LogP contribution is 2.36. The van der Waals surface area contributed by atoms with Gasteiger partial charge in [0.15, 0.2) is 0 Å². The molecule has 19 heavy (non-hydrogen) atoms. The lowest BCUT2D eigenvalue weighted by molar-refractivity contribution is -0.123. The smallest absolute Gasteiger partial charge is 0.244 e. The van der Waals surface area contributed by atoms with E-state index in [1.165, 1.54) is 0 Å². The second-order valence-electron chi connectivity index (χ2n) is 4.10. The summed E-state index contributed by atoms with van der Waals surface area (Å²) in [6, 6.07) is 5.35. The maximum Gasteiger partial charge on any atom is 0.244 e. The number of nitriles is 1. The van der Waals surface area contributed by atoms with Gasteiger partial charge in [-0.05, 0) is 25.0 Å². The number of nitrogens with zero attached hydrogens (tertiary/aromatic N) is 1. The number of halogens is 3. The second-order valence-corrected chi connectivity index (χ2v) is 5.83. The fourth-order valence-corrected chi connectivity index (χ4v) is 2.98. The Morgan fingerprint density at radius 3 is 2.21 bits per heavy atom. The van der Waals surface area contributed by atoms with Gasteiger partial charge < -0.3 is 5.32 Å². The average Bonchev–Trinajstić information content (AvgIpc) is 2.36. The maximum atomic E-state index is 12.3. The van der Waals surface area contributed by atoms with Crippen LogP contribution in [0, 0.1) is 16.7 Å². The van der Waals surface area contributed by atoms with Gasteiger partial charge in [-0.1, -0.05) is 53.0 Å². The molecule has 0 atom stereocenters. The summed E-state index contributed by atoms with van der Waals surface area (Å²) >= 11 is 15.4. The standard InChI is InChI=1S/C13H13BrCl2N2O/c1-3-13(4-2,7-17)12(19)18-11-9(15)5-8(14)6-10(11)16/h5-6H,3-4H2,1-2H3,(H,18,19). The third-order valence-corrected chi connectivity index (χ3v) is 4.16. The normalized spacial score (nSPS) is 10.9. The fraction of sp³-hybridized carbons (Fsp3) is 0.385. The molecule has 0 saturated heterocycles. The molecule has 1 rings (SSSR count). The molecule has 0 saturated carbocycles. The first-order valence-corrected chi connectivity index (χ1v) is 7.32. The third-order valence-electron chi connectivity index (χ3n) is 3.10. The van der Waals surface area contributed by atoms with E-state index in [1.807, 2.05) is 0 Å². The van der Waals surface area contributed by atoms with Crippen LogP contribution in [0.3, 0.4) is 0 Å². The second kappa shape index (κ2) is 6.60. The highest BCUT2D eigenvalue weighted by atomic mass is 79.9. The van der Waals surface area contributed by atoms with Gasteiger partial charge in [0, 0.05) is 4.47 Å². The summed E-state index contributed by atoms with van der Waals surface area (Å²) in [6.07, 6.45) is 0.856. The highest BCUT2D eigenvalue weighted by Gasteiger charge is 2.35. The molecule has 0 aromatic heterocycles. The van der Waals surface area contributed by atoms with Crippen molar-refractivity contribution >= 4 is 50.7 Å². The van der Waals surface area contributed by atoms with Gasteiger partial charge in [-0.15, -0.1) is 0 Å². The zero-order chi connectivity index (χ0) is 14.6. The van der Waals surface area contributed by atoms with Crippen LogP contribution >= 0.6 is 39.1 Å². The Bertz CT molecular complexity index is 513.